The van der Waals surface area contributed by atoms with Crippen LogP contribution in [0.4, 0.5) is 5.82 Å². The number of anilines is 1. The van der Waals surface area contributed by atoms with Gasteiger partial charge in [-0.25, -0.2) is 9.97 Å². The summed E-state index contributed by atoms with van der Waals surface area (Å²) < 4.78 is 5.51. The summed E-state index contributed by atoms with van der Waals surface area (Å²) in [4.78, 5) is 8.23. The number of nitrogens with zero attached hydrogens (tertiary/aromatic N) is 2. The van der Waals surface area contributed by atoms with Crippen LogP contribution >= 0.6 is 0 Å². The van der Waals surface area contributed by atoms with Gasteiger partial charge in [0.1, 0.15) is 12.1 Å². The van der Waals surface area contributed by atoms with Crippen molar-refractivity contribution >= 4 is 5.82 Å². The maximum absolute atomic E-state index is 5.51. The number of nitrogens with one attached hydrogen (secondary N) is 1. The van der Waals surface area contributed by atoms with Crippen LogP contribution in [0, 0.1) is 5.92 Å². The van der Waals surface area contributed by atoms with Gasteiger partial charge in [-0.2, -0.15) is 0 Å². The smallest absolute Gasteiger partial charge is 0.218 e. The number of aromatic nitrogens is 2. The van der Waals surface area contributed by atoms with Crippen LogP contribution in [0.15, 0.2) is 12.4 Å². The van der Waals surface area contributed by atoms with Crippen LogP contribution in [-0.4, -0.2) is 22.1 Å². The fourth-order valence-corrected chi connectivity index (χ4v) is 1.12. The molecular formula is C12H21N3O. The van der Waals surface area contributed by atoms with E-state index in [1.807, 2.05) is 19.9 Å². The molecule has 0 aliphatic carbocycles. The van der Waals surface area contributed by atoms with E-state index in [-0.39, 0.29) is 6.10 Å². The Hall–Kier alpha value is -1.32. The van der Waals surface area contributed by atoms with Crippen molar-refractivity contribution in [1.82, 2.24) is 9.97 Å². The molecule has 1 aromatic rings. The zero-order valence-corrected chi connectivity index (χ0v) is 10.7. The molecule has 1 rings (SSSR count). The Balaban J connectivity index is 2.67. The van der Waals surface area contributed by atoms with Gasteiger partial charge in [-0.3, -0.25) is 0 Å². The maximum atomic E-state index is 5.51. The average Bonchev–Trinajstić information content (AvgIpc) is 2.16. The molecule has 0 radical (unpaired) electrons. The summed E-state index contributed by atoms with van der Waals surface area (Å²) in [6.07, 6.45) is 1.65. The first kappa shape index (κ1) is 12.7. The topological polar surface area (TPSA) is 47.0 Å². The van der Waals surface area contributed by atoms with E-state index in [0.717, 1.165) is 5.82 Å². The molecular weight excluding hydrogens is 202 g/mol. The molecule has 0 aliphatic rings. The molecule has 1 N–H and O–H groups in total. The molecule has 0 aliphatic heterocycles. The zero-order valence-electron chi connectivity index (χ0n) is 10.7. The Labute approximate surface area is 97.5 Å². The van der Waals surface area contributed by atoms with Crippen molar-refractivity contribution in [3.05, 3.63) is 12.4 Å². The zero-order chi connectivity index (χ0) is 12.1. The highest BCUT2D eigenvalue weighted by molar-refractivity contribution is 5.38. The summed E-state index contributed by atoms with van der Waals surface area (Å²) >= 11 is 0. The lowest BCUT2D eigenvalue weighted by molar-refractivity contribution is 0.232. The highest BCUT2D eigenvalue weighted by atomic mass is 16.5. The molecule has 16 heavy (non-hydrogen) atoms. The second-order valence-electron chi connectivity index (χ2n) is 4.59. The lowest BCUT2D eigenvalue weighted by atomic mass is 10.1. The first-order valence-electron chi connectivity index (χ1n) is 5.74. The van der Waals surface area contributed by atoms with Crippen molar-refractivity contribution in [1.29, 1.82) is 0 Å². The molecule has 0 aromatic carbocycles. The van der Waals surface area contributed by atoms with Crippen LogP contribution in [0.25, 0.3) is 0 Å². The van der Waals surface area contributed by atoms with Crippen molar-refractivity contribution in [2.45, 2.75) is 46.8 Å². The third-order valence-electron chi connectivity index (χ3n) is 2.37. The summed E-state index contributed by atoms with van der Waals surface area (Å²) in [6.45, 7) is 10.4. The molecule has 0 fully saturated rings. The van der Waals surface area contributed by atoms with Gasteiger partial charge in [0, 0.05) is 12.1 Å². The minimum Gasteiger partial charge on any atom is -0.475 e. The van der Waals surface area contributed by atoms with Gasteiger partial charge in [0.15, 0.2) is 0 Å². The lowest BCUT2D eigenvalue weighted by Gasteiger charge is -2.18. The van der Waals surface area contributed by atoms with Gasteiger partial charge in [-0.15, -0.1) is 0 Å². The molecule has 0 bridgehead atoms. The average molecular weight is 223 g/mol. The van der Waals surface area contributed by atoms with Crippen molar-refractivity contribution < 1.29 is 4.74 Å². The fraction of sp³-hybridized carbons (Fsp3) is 0.667. The number of rotatable bonds is 5. The summed E-state index contributed by atoms with van der Waals surface area (Å²) in [6, 6.07) is 2.21. The van der Waals surface area contributed by atoms with Gasteiger partial charge in [0.2, 0.25) is 5.88 Å². The first-order chi connectivity index (χ1) is 7.49. The first-order valence-corrected chi connectivity index (χ1v) is 5.74. The van der Waals surface area contributed by atoms with E-state index in [0.29, 0.717) is 17.8 Å². The minimum atomic E-state index is 0.130. The molecule has 1 aromatic heterocycles. The molecule has 0 amide bonds. The highest BCUT2D eigenvalue weighted by Crippen LogP contribution is 2.15. The van der Waals surface area contributed by atoms with E-state index in [4.69, 9.17) is 4.74 Å². The van der Waals surface area contributed by atoms with Crippen molar-refractivity contribution in [2.75, 3.05) is 5.32 Å². The molecule has 0 spiro atoms. The van der Waals surface area contributed by atoms with Gasteiger partial charge < -0.3 is 10.1 Å². The molecule has 4 heteroatoms. The third-order valence-corrected chi connectivity index (χ3v) is 2.37. The molecule has 0 saturated carbocycles. The van der Waals surface area contributed by atoms with Gasteiger partial charge in [0.25, 0.3) is 0 Å². The Morgan fingerprint density at radius 1 is 1.12 bits per heavy atom. The minimum absolute atomic E-state index is 0.130. The maximum Gasteiger partial charge on any atom is 0.218 e. The predicted octanol–water partition coefficient (Wildman–Crippen LogP) is 2.72. The van der Waals surface area contributed by atoms with E-state index in [2.05, 4.69) is 36.1 Å². The fourth-order valence-electron chi connectivity index (χ4n) is 1.12. The normalized spacial score (nSPS) is 12.9. The van der Waals surface area contributed by atoms with Gasteiger partial charge in [0.05, 0.1) is 6.10 Å². The Morgan fingerprint density at radius 3 is 2.38 bits per heavy atom. The van der Waals surface area contributed by atoms with Crippen LogP contribution in [0.5, 0.6) is 5.88 Å². The summed E-state index contributed by atoms with van der Waals surface area (Å²) in [5.74, 6) is 1.99. The second-order valence-corrected chi connectivity index (χ2v) is 4.59. The largest absolute Gasteiger partial charge is 0.475 e. The van der Waals surface area contributed by atoms with Gasteiger partial charge in [-0.05, 0) is 26.7 Å². The van der Waals surface area contributed by atoms with E-state index in [1.54, 1.807) is 0 Å². The van der Waals surface area contributed by atoms with Crippen molar-refractivity contribution in [2.24, 2.45) is 5.92 Å². The number of ether oxygens (including phenoxy) is 1. The Morgan fingerprint density at radius 2 is 1.81 bits per heavy atom. The predicted molar refractivity (Wildman–Crippen MR) is 65.7 cm³/mol. The monoisotopic (exact) mass is 223 g/mol. The standard InChI is InChI=1S/C12H21N3O/c1-8(2)10(5)15-11-6-12(14-7-13-11)16-9(3)4/h6-10H,1-5H3,(H,13,14,15). The number of hydrogen-bond acceptors (Lipinski definition) is 4. The van der Waals surface area contributed by atoms with E-state index in [1.165, 1.54) is 6.33 Å². The van der Waals surface area contributed by atoms with Gasteiger partial charge >= 0.3 is 0 Å². The van der Waals surface area contributed by atoms with Crippen LogP contribution in [0.3, 0.4) is 0 Å². The quantitative estimate of drug-likeness (QED) is 0.833. The van der Waals surface area contributed by atoms with Crippen LogP contribution in [0.2, 0.25) is 0 Å². The molecule has 0 saturated heterocycles. The molecule has 1 unspecified atom stereocenters. The molecule has 4 nitrogen and oxygen atoms in total. The number of hydrogen-bond donors (Lipinski definition) is 1. The Kier molecular flexibility index (Phi) is 4.52. The van der Waals surface area contributed by atoms with E-state index in [9.17, 15) is 0 Å². The Bertz CT molecular complexity index is 326. The summed E-state index contributed by atoms with van der Waals surface area (Å²) in [5.41, 5.74) is 0. The van der Waals surface area contributed by atoms with Crippen LogP contribution in [-0.2, 0) is 0 Å². The van der Waals surface area contributed by atoms with Crippen LogP contribution < -0.4 is 10.1 Å². The summed E-state index contributed by atoms with van der Waals surface area (Å²) in [7, 11) is 0. The molecule has 1 atom stereocenters. The summed E-state index contributed by atoms with van der Waals surface area (Å²) in [5, 5.41) is 3.32. The lowest BCUT2D eigenvalue weighted by Crippen LogP contribution is -2.22. The van der Waals surface area contributed by atoms with Crippen molar-refractivity contribution in [3.8, 4) is 5.88 Å². The SMILES string of the molecule is CC(C)Oc1cc(NC(C)C(C)C)ncn1. The second kappa shape index (κ2) is 5.68. The third kappa shape index (κ3) is 4.04. The van der Waals surface area contributed by atoms with Crippen molar-refractivity contribution in [3.63, 3.8) is 0 Å². The highest BCUT2D eigenvalue weighted by Gasteiger charge is 2.08. The molecule has 1 heterocycles. The van der Waals surface area contributed by atoms with E-state index < -0.39 is 0 Å². The van der Waals surface area contributed by atoms with Crippen LogP contribution in [0.1, 0.15) is 34.6 Å². The van der Waals surface area contributed by atoms with Gasteiger partial charge in [-0.1, -0.05) is 13.8 Å². The van der Waals surface area contributed by atoms with E-state index >= 15 is 0 Å². The molecule has 90 valence electrons.